The Morgan fingerprint density at radius 3 is 2.25 bits per heavy atom. The lowest BCUT2D eigenvalue weighted by Crippen LogP contribution is -2.13. The van der Waals surface area contributed by atoms with E-state index in [0.29, 0.717) is 16.0 Å². The Hall–Kier alpha value is -2.28. The molecule has 5 nitrogen and oxygen atoms in total. The number of para-hydroxylation sites is 1. The summed E-state index contributed by atoms with van der Waals surface area (Å²) in [7, 11) is 2.97. The molecule has 0 spiro atoms. The first-order valence-electron chi connectivity index (χ1n) is 7.02. The summed E-state index contributed by atoms with van der Waals surface area (Å²) >= 11 is 3.32. The molecule has 0 unspecified atom stereocenters. The van der Waals surface area contributed by atoms with Gasteiger partial charge in [0.25, 0.3) is 0 Å². The first kappa shape index (κ1) is 18.1. The van der Waals surface area contributed by atoms with Gasteiger partial charge in [0, 0.05) is 0 Å². The third-order valence-electron chi connectivity index (χ3n) is 3.09. The number of rotatable bonds is 7. The molecule has 24 heavy (non-hydrogen) atoms. The molecule has 0 saturated heterocycles. The fourth-order valence-corrected chi connectivity index (χ4v) is 2.47. The highest BCUT2D eigenvalue weighted by Gasteiger charge is 2.15. The van der Waals surface area contributed by atoms with Crippen molar-refractivity contribution >= 4 is 21.9 Å². The maximum Gasteiger partial charge on any atom is 0.338 e. The molecule has 2 aromatic rings. The number of methoxy groups -OCH3 is 2. The molecule has 0 aliphatic carbocycles. The molecule has 2 aromatic carbocycles. The summed E-state index contributed by atoms with van der Waals surface area (Å²) in [4.78, 5) is 12.1. The monoisotopic (exact) mass is 398 g/mol. The van der Waals surface area contributed by atoms with Gasteiger partial charge in [0.2, 0.25) is 0 Å². The van der Waals surface area contributed by atoms with Crippen LogP contribution in [0, 0.1) is 5.82 Å². The molecule has 0 aromatic heterocycles. The fraction of sp³-hybridized carbons (Fsp3) is 0.235. The van der Waals surface area contributed by atoms with E-state index >= 15 is 0 Å². The Morgan fingerprint density at radius 1 is 1.04 bits per heavy atom. The number of carbonyl (C=O) groups excluding carboxylic acids is 1. The van der Waals surface area contributed by atoms with Crippen molar-refractivity contribution in [1.82, 2.24) is 0 Å². The van der Waals surface area contributed by atoms with Crippen LogP contribution in [0.2, 0.25) is 0 Å². The van der Waals surface area contributed by atoms with E-state index in [2.05, 4.69) is 15.9 Å². The van der Waals surface area contributed by atoms with Gasteiger partial charge in [-0.05, 0) is 40.2 Å². The van der Waals surface area contributed by atoms with Crippen LogP contribution in [-0.2, 0) is 4.74 Å². The highest BCUT2D eigenvalue weighted by molar-refractivity contribution is 9.10. The topological polar surface area (TPSA) is 54.0 Å². The van der Waals surface area contributed by atoms with E-state index in [4.69, 9.17) is 18.9 Å². The molecule has 0 fully saturated rings. The number of hydrogen-bond donors (Lipinski definition) is 0. The van der Waals surface area contributed by atoms with Crippen molar-refractivity contribution in [1.29, 1.82) is 0 Å². The van der Waals surface area contributed by atoms with E-state index in [-0.39, 0.29) is 24.5 Å². The molecule has 0 aliphatic rings. The Labute approximate surface area is 147 Å². The van der Waals surface area contributed by atoms with Crippen LogP contribution in [0.25, 0.3) is 0 Å². The van der Waals surface area contributed by atoms with Crippen LogP contribution in [0.15, 0.2) is 40.9 Å². The standard InChI is InChI=1S/C17H16BrFO5/c1-21-14-9-11(10-15(22-2)16(14)18)17(20)24-8-7-23-13-6-4-3-5-12(13)19/h3-6,9-10H,7-8H2,1-2H3. The largest absolute Gasteiger partial charge is 0.495 e. The lowest BCUT2D eigenvalue weighted by Gasteiger charge is -2.12. The van der Waals surface area contributed by atoms with E-state index in [1.54, 1.807) is 12.1 Å². The molecule has 0 saturated carbocycles. The maximum absolute atomic E-state index is 13.4. The molecule has 7 heteroatoms. The van der Waals surface area contributed by atoms with Crippen LogP contribution >= 0.6 is 15.9 Å². The number of halogens is 2. The lowest BCUT2D eigenvalue weighted by atomic mass is 10.2. The van der Waals surface area contributed by atoms with E-state index in [1.165, 1.54) is 38.5 Å². The summed E-state index contributed by atoms with van der Waals surface area (Å²) in [5.41, 5.74) is 0.276. The minimum absolute atomic E-state index is 0.0200. The van der Waals surface area contributed by atoms with Crippen molar-refractivity contribution in [2.24, 2.45) is 0 Å². The zero-order valence-corrected chi connectivity index (χ0v) is 14.8. The number of carbonyl (C=O) groups is 1. The van der Waals surface area contributed by atoms with Crippen LogP contribution < -0.4 is 14.2 Å². The molecule has 0 radical (unpaired) electrons. The predicted octanol–water partition coefficient (Wildman–Crippen LogP) is 3.84. The summed E-state index contributed by atoms with van der Waals surface area (Å²) < 4.78 is 34.7. The molecule has 0 heterocycles. The van der Waals surface area contributed by atoms with Crippen molar-refractivity contribution in [2.75, 3.05) is 27.4 Å². The normalized spacial score (nSPS) is 10.2. The Morgan fingerprint density at radius 2 is 1.67 bits per heavy atom. The number of ether oxygens (including phenoxy) is 4. The Balaban J connectivity index is 1.94. The van der Waals surface area contributed by atoms with Crippen molar-refractivity contribution in [3.8, 4) is 17.2 Å². The van der Waals surface area contributed by atoms with Crippen molar-refractivity contribution in [2.45, 2.75) is 0 Å². The third kappa shape index (κ3) is 4.38. The van der Waals surface area contributed by atoms with Crippen LogP contribution in [0.1, 0.15) is 10.4 Å². The molecule has 2 rings (SSSR count). The summed E-state index contributed by atoms with van der Waals surface area (Å²) in [5.74, 6) is -0.0178. The van der Waals surface area contributed by atoms with Gasteiger partial charge in [-0.1, -0.05) is 12.1 Å². The summed E-state index contributed by atoms with van der Waals surface area (Å²) in [6.45, 7) is 0.0192. The van der Waals surface area contributed by atoms with Crippen LogP contribution in [0.3, 0.4) is 0 Å². The van der Waals surface area contributed by atoms with Crippen LogP contribution in [-0.4, -0.2) is 33.4 Å². The van der Waals surface area contributed by atoms with E-state index in [0.717, 1.165) is 0 Å². The second-order valence-corrected chi connectivity index (χ2v) is 5.40. The SMILES string of the molecule is COc1cc(C(=O)OCCOc2ccccc2F)cc(OC)c1Br. The van der Waals surface area contributed by atoms with Gasteiger partial charge in [-0.15, -0.1) is 0 Å². The molecule has 0 bridgehead atoms. The molecule has 0 atom stereocenters. The zero-order chi connectivity index (χ0) is 17.5. The van der Waals surface area contributed by atoms with Crippen molar-refractivity contribution in [3.05, 3.63) is 52.3 Å². The summed E-state index contributed by atoms with van der Waals surface area (Å²) in [6.07, 6.45) is 0. The van der Waals surface area contributed by atoms with E-state index in [1.807, 2.05) is 0 Å². The van der Waals surface area contributed by atoms with E-state index in [9.17, 15) is 9.18 Å². The molecule has 0 amide bonds. The Bertz CT molecular complexity index is 695. The minimum Gasteiger partial charge on any atom is -0.495 e. The molecule has 128 valence electrons. The van der Waals surface area contributed by atoms with Crippen LogP contribution in [0.4, 0.5) is 4.39 Å². The number of hydrogen-bond acceptors (Lipinski definition) is 5. The van der Waals surface area contributed by atoms with Crippen LogP contribution in [0.5, 0.6) is 17.2 Å². The fourth-order valence-electron chi connectivity index (χ4n) is 1.92. The molecule has 0 aliphatic heterocycles. The average Bonchev–Trinajstić information content (AvgIpc) is 2.60. The first-order valence-corrected chi connectivity index (χ1v) is 7.82. The lowest BCUT2D eigenvalue weighted by molar-refractivity contribution is 0.0447. The minimum atomic E-state index is -0.559. The summed E-state index contributed by atoms with van der Waals surface area (Å²) in [5, 5.41) is 0. The van der Waals surface area contributed by atoms with E-state index < -0.39 is 11.8 Å². The quantitative estimate of drug-likeness (QED) is 0.523. The van der Waals surface area contributed by atoms with Gasteiger partial charge in [0.05, 0.1) is 19.8 Å². The second-order valence-electron chi connectivity index (χ2n) is 4.61. The van der Waals surface area contributed by atoms with Gasteiger partial charge < -0.3 is 18.9 Å². The molecule has 0 N–H and O–H groups in total. The van der Waals surface area contributed by atoms with Gasteiger partial charge in [-0.25, -0.2) is 9.18 Å². The van der Waals surface area contributed by atoms with Gasteiger partial charge in [0.1, 0.15) is 29.2 Å². The zero-order valence-electron chi connectivity index (χ0n) is 13.2. The van der Waals surface area contributed by atoms with Gasteiger partial charge in [-0.2, -0.15) is 0 Å². The Kier molecular flexibility index (Phi) is 6.43. The second kappa shape index (κ2) is 8.54. The van der Waals surface area contributed by atoms with Gasteiger partial charge >= 0.3 is 5.97 Å². The van der Waals surface area contributed by atoms with Crippen molar-refractivity contribution < 1.29 is 28.1 Å². The summed E-state index contributed by atoms with van der Waals surface area (Å²) in [6, 6.07) is 9.09. The molecular formula is C17H16BrFO5. The number of esters is 1. The van der Waals surface area contributed by atoms with Gasteiger partial charge in [-0.3, -0.25) is 0 Å². The number of benzene rings is 2. The smallest absolute Gasteiger partial charge is 0.338 e. The first-order chi connectivity index (χ1) is 11.6. The molecular weight excluding hydrogens is 383 g/mol. The van der Waals surface area contributed by atoms with Crippen molar-refractivity contribution in [3.63, 3.8) is 0 Å². The maximum atomic E-state index is 13.4. The predicted molar refractivity (Wildman–Crippen MR) is 89.4 cm³/mol. The third-order valence-corrected chi connectivity index (χ3v) is 3.87. The highest BCUT2D eigenvalue weighted by Crippen LogP contribution is 2.35. The highest BCUT2D eigenvalue weighted by atomic mass is 79.9. The average molecular weight is 399 g/mol. The van der Waals surface area contributed by atoms with Gasteiger partial charge in [0.15, 0.2) is 11.6 Å².